The van der Waals surface area contributed by atoms with Crippen LogP contribution in [-0.4, -0.2) is 9.55 Å². The monoisotopic (exact) mass is 275 g/mol. The average molecular weight is 275 g/mol. The molecule has 1 heterocycles. The number of hydrogen-bond donors (Lipinski definition) is 1. The maximum atomic E-state index is 12.5. The van der Waals surface area contributed by atoms with Gasteiger partial charge in [-0.15, -0.1) is 0 Å². The van der Waals surface area contributed by atoms with Crippen LogP contribution in [0.5, 0.6) is 0 Å². The predicted molar refractivity (Wildman–Crippen MR) is 64.5 cm³/mol. The summed E-state index contributed by atoms with van der Waals surface area (Å²) in [5, 5.41) is 0. The largest absolute Gasteiger partial charge is 0.433 e. The van der Waals surface area contributed by atoms with E-state index in [1.54, 1.807) is 0 Å². The minimum Gasteiger partial charge on any atom is -0.369 e. The summed E-state index contributed by atoms with van der Waals surface area (Å²) in [6.07, 6.45) is 0.671. The molecule has 7 heteroatoms. The molecule has 4 nitrogen and oxygen atoms in total. The number of halogens is 3. The lowest BCUT2D eigenvalue weighted by atomic mass is 9.89. The molecular weight excluding hydrogens is 259 g/mol. The molecule has 1 saturated carbocycles. The van der Waals surface area contributed by atoms with Crippen LogP contribution in [0.2, 0.25) is 0 Å². The third-order valence-electron chi connectivity index (χ3n) is 3.49. The van der Waals surface area contributed by atoms with E-state index in [-0.39, 0.29) is 5.95 Å². The molecule has 106 valence electrons. The lowest BCUT2D eigenvalue weighted by molar-refractivity contribution is -0.141. The van der Waals surface area contributed by atoms with E-state index in [9.17, 15) is 18.0 Å². The molecule has 0 radical (unpaired) electrons. The molecular formula is C12H16F3N3O. The van der Waals surface area contributed by atoms with Gasteiger partial charge in [0.2, 0.25) is 5.95 Å². The van der Waals surface area contributed by atoms with Crippen LogP contribution in [0.4, 0.5) is 19.1 Å². The number of alkyl halides is 3. The van der Waals surface area contributed by atoms with Crippen molar-refractivity contribution in [2.75, 3.05) is 5.73 Å². The van der Waals surface area contributed by atoms with Crippen LogP contribution in [0.15, 0.2) is 10.9 Å². The number of aromatic nitrogens is 2. The molecule has 0 saturated heterocycles. The summed E-state index contributed by atoms with van der Waals surface area (Å²) < 4.78 is 38.6. The van der Waals surface area contributed by atoms with Gasteiger partial charge in [-0.25, -0.2) is 4.98 Å². The van der Waals surface area contributed by atoms with E-state index in [4.69, 9.17) is 5.73 Å². The molecule has 0 atom stereocenters. The minimum atomic E-state index is -4.64. The lowest BCUT2D eigenvalue weighted by Gasteiger charge is -2.23. The molecule has 19 heavy (non-hydrogen) atoms. The second-order valence-corrected chi connectivity index (χ2v) is 4.95. The zero-order valence-electron chi connectivity index (χ0n) is 10.4. The summed E-state index contributed by atoms with van der Waals surface area (Å²) in [5.41, 5.74) is 3.53. The zero-order valence-corrected chi connectivity index (χ0v) is 10.4. The van der Waals surface area contributed by atoms with Crippen molar-refractivity contribution in [1.82, 2.24) is 9.55 Å². The van der Waals surface area contributed by atoms with E-state index in [0.717, 1.165) is 30.3 Å². The standard InChI is InChI=1S/C12H16F3N3O/c13-12(14,15)9-6-10(19)18(11(16)17-9)7-8-4-2-1-3-5-8/h6,8H,1-5,7H2,(H2,16,17). The Labute approximate surface area is 108 Å². The maximum Gasteiger partial charge on any atom is 0.433 e. The molecule has 0 spiro atoms. The van der Waals surface area contributed by atoms with Gasteiger partial charge >= 0.3 is 6.18 Å². The molecule has 2 N–H and O–H groups in total. The average Bonchev–Trinajstić information content (AvgIpc) is 2.33. The summed E-state index contributed by atoms with van der Waals surface area (Å²) in [6, 6.07) is 0.513. The Morgan fingerprint density at radius 3 is 2.47 bits per heavy atom. The van der Waals surface area contributed by atoms with Gasteiger partial charge < -0.3 is 5.73 Å². The summed E-state index contributed by atoms with van der Waals surface area (Å²) in [6.45, 7) is 0.357. The third-order valence-corrected chi connectivity index (χ3v) is 3.49. The number of rotatable bonds is 2. The second-order valence-electron chi connectivity index (χ2n) is 4.95. The quantitative estimate of drug-likeness (QED) is 0.901. The summed E-state index contributed by atoms with van der Waals surface area (Å²) in [5.74, 6) is -0.0577. The van der Waals surface area contributed by atoms with Crippen LogP contribution < -0.4 is 11.3 Å². The molecule has 0 aliphatic heterocycles. The number of nitrogen functional groups attached to an aromatic ring is 1. The summed E-state index contributed by atoms with van der Waals surface area (Å²) in [4.78, 5) is 15.0. The minimum absolute atomic E-state index is 0.298. The summed E-state index contributed by atoms with van der Waals surface area (Å²) >= 11 is 0. The van der Waals surface area contributed by atoms with Crippen LogP contribution in [0.25, 0.3) is 0 Å². The molecule has 1 aromatic rings. The van der Waals surface area contributed by atoms with E-state index in [1.165, 1.54) is 6.42 Å². The van der Waals surface area contributed by atoms with Crippen LogP contribution in [0.1, 0.15) is 37.8 Å². The Morgan fingerprint density at radius 1 is 1.32 bits per heavy atom. The van der Waals surface area contributed by atoms with Crippen LogP contribution in [-0.2, 0) is 12.7 Å². The first-order valence-corrected chi connectivity index (χ1v) is 6.32. The smallest absolute Gasteiger partial charge is 0.369 e. The first-order chi connectivity index (χ1) is 8.88. The highest BCUT2D eigenvalue weighted by Crippen LogP contribution is 2.28. The molecule has 1 aromatic heterocycles. The van der Waals surface area contributed by atoms with Crippen molar-refractivity contribution in [3.8, 4) is 0 Å². The highest BCUT2D eigenvalue weighted by Gasteiger charge is 2.34. The number of anilines is 1. The van der Waals surface area contributed by atoms with Crippen molar-refractivity contribution < 1.29 is 13.2 Å². The van der Waals surface area contributed by atoms with Crippen molar-refractivity contribution in [2.24, 2.45) is 5.92 Å². The van der Waals surface area contributed by atoms with E-state index in [0.29, 0.717) is 18.5 Å². The highest BCUT2D eigenvalue weighted by atomic mass is 19.4. The van der Waals surface area contributed by atoms with Gasteiger partial charge in [0.05, 0.1) is 0 Å². The maximum absolute atomic E-state index is 12.5. The molecule has 1 aliphatic rings. The first-order valence-electron chi connectivity index (χ1n) is 6.32. The first kappa shape index (κ1) is 13.9. The van der Waals surface area contributed by atoms with E-state index in [2.05, 4.69) is 4.98 Å². The lowest BCUT2D eigenvalue weighted by Crippen LogP contribution is -2.30. The van der Waals surface area contributed by atoms with Crippen molar-refractivity contribution in [3.63, 3.8) is 0 Å². The molecule has 1 aliphatic carbocycles. The van der Waals surface area contributed by atoms with Gasteiger partial charge in [0.1, 0.15) is 0 Å². The molecule has 1 fully saturated rings. The van der Waals surface area contributed by atoms with Gasteiger partial charge in [-0.3, -0.25) is 9.36 Å². The van der Waals surface area contributed by atoms with Gasteiger partial charge in [-0.2, -0.15) is 13.2 Å². The Hall–Kier alpha value is -1.53. The molecule has 0 aromatic carbocycles. The van der Waals surface area contributed by atoms with Crippen molar-refractivity contribution in [3.05, 3.63) is 22.1 Å². The van der Waals surface area contributed by atoms with Crippen molar-refractivity contribution >= 4 is 5.95 Å². The Bertz CT molecular complexity index is 504. The third kappa shape index (κ3) is 3.27. The summed E-state index contributed by atoms with van der Waals surface area (Å²) in [7, 11) is 0. The van der Waals surface area contributed by atoms with E-state index < -0.39 is 17.4 Å². The van der Waals surface area contributed by atoms with Gasteiger partial charge in [0.15, 0.2) is 5.69 Å². The molecule has 0 amide bonds. The van der Waals surface area contributed by atoms with E-state index in [1.807, 2.05) is 0 Å². The zero-order chi connectivity index (χ0) is 14.0. The van der Waals surface area contributed by atoms with Gasteiger partial charge in [0.25, 0.3) is 5.56 Å². The Kier molecular flexibility index (Phi) is 3.82. The van der Waals surface area contributed by atoms with Gasteiger partial charge in [-0.1, -0.05) is 19.3 Å². The Balaban J connectivity index is 2.24. The van der Waals surface area contributed by atoms with Crippen molar-refractivity contribution in [2.45, 2.75) is 44.8 Å². The highest BCUT2D eigenvalue weighted by molar-refractivity contribution is 5.22. The molecule has 2 rings (SSSR count). The SMILES string of the molecule is Nc1nc(C(F)(F)F)cc(=O)n1CC1CCCCC1. The van der Waals surface area contributed by atoms with E-state index >= 15 is 0 Å². The topological polar surface area (TPSA) is 60.9 Å². The van der Waals surface area contributed by atoms with Crippen LogP contribution >= 0.6 is 0 Å². The number of nitrogens with two attached hydrogens (primary N) is 1. The molecule has 0 unspecified atom stereocenters. The fraction of sp³-hybridized carbons (Fsp3) is 0.667. The number of hydrogen-bond acceptors (Lipinski definition) is 3. The fourth-order valence-electron chi connectivity index (χ4n) is 2.48. The normalized spacial score (nSPS) is 17.6. The van der Waals surface area contributed by atoms with Crippen LogP contribution in [0.3, 0.4) is 0 Å². The van der Waals surface area contributed by atoms with Crippen molar-refractivity contribution in [1.29, 1.82) is 0 Å². The van der Waals surface area contributed by atoms with Crippen LogP contribution in [0, 0.1) is 5.92 Å². The second kappa shape index (κ2) is 5.22. The van der Waals surface area contributed by atoms with Gasteiger partial charge in [0, 0.05) is 12.6 Å². The number of nitrogens with zero attached hydrogens (tertiary/aromatic N) is 2. The molecule has 0 bridgehead atoms. The Morgan fingerprint density at radius 2 is 1.95 bits per heavy atom. The predicted octanol–water partition coefficient (Wildman–Crippen LogP) is 2.42. The fourth-order valence-corrected chi connectivity index (χ4v) is 2.48. The van der Waals surface area contributed by atoms with Gasteiger partial charge in [-0.05, 0) is 18.8 Å².